The first-order chi connectivity index (χ1) is 14.8. The Bertz CT molecular complexity index is 960. The van der Waals surface area contributed by atoms with Crippen molar-refractivity contribution in [2.45, 2.75) is 23.7 Å². The number of hydrogen-bond donors (Lipinski definition) is 0. The minimum absolute atomic E-state index is 0.268. The lowest BCUT2D eigenvalue weighted by Crippen LogP contribution is -2.43. The molecule has 4 aromatic carbocycles. The fourth-order valence-corrected chi connectivity index (χ4v) is 5.29. The van der Waals surface area contributed by atoms with E-state index in [4.69, 9.17) is 0 Å². The van der Waals surface area contributed by atoms with E-state index in [-0.39, 0.29) is 5.78 Å². The molecular formula is C29H24O. The quantitative estimate of drug-likeness (QED) is 0.400. The monoisotopic (exact) mass is 388 g/mol. The molecule has 0 aliphatic heterocycles. The van der Waals surface area contributed by atoms with Crippen LogP contribution < -0.4 is 0 Å². The maximum atomic E-state index is 14.8. The zero-order valence-electron chi connectivity index (χ0n) is 16.9. The van der Waals surface area contributed by atoms with E-state index in [0.717, 1.165) is 35.1 Å². The second kappa shape index (κ2) is 7.42. The standard InChI is InChI=1S/C29H24O/c30-27-28(23-13-5-1-6-14-23,24-15-7-2-8-16-24)21-22-29(27,25-17-9-3-10-18-25)26-19-11-4-12-20-26/h1-20H,21-22H2. The minimum atomic E-state index is -0.659. The number of ketones is 1. The van der Waals surface area contributed by atoms with Gasteiger partial charge in [0.25, 0.3) is 0 Å². The zero-order chi connectivity index (χ0) is 20.4. The normalized spacial score (nSPS) is 17.0. The first-order valence-corrected chi connectivity index (χ1v) is 10.6. The molecule has 0 N–H and O–H groups in total. The molecule has 1 heteroatoms. The molecule has 1 aliphatic rings. The highest BCUT2D eigenvalue weighted by atomic mass is 16.1. The number of Topliss-reactive ketones (excluding diaryl/α,β-unsaturated/α-hetero) is 1. The molecule has 0 spiro atoms. The Morgan fingerprint density at radius 1 is 0.400 bits per heavy atom. The van der Waals surface area contributed by atoms with Crippen molar-refractivity contribution >= 4 is 5.78 Å². The fraction of sp³-hybridized carbons (Fsp3) is 0.138. The number of carbonyl (C=O) groups excluding carboxylic acids is 1. The van der Waals surface area contributed by atoms with Gasteiger partial charge in [-0.05, 0) is 35.1 Å². The van der Waals surface area contributed by atoms with Crippen molar-refractivity contribution in [3.63, 3.8) is 0 Å². The lowest BCUT2D eigenvalue weighted by Gasteiger charge is -2.34. The summed E-state index contributed by atoms with van der Waals surface area (Å²) >= 11 is 0. The predicted octanol–water partition coefficient (Wildman–Crippen LogP) is 6.32. The SMILES string of the molecule is O=C1C(c2ccccc2)(c2ccccc2)CCC1(c1ccccc1)c1ccccc1. The van der Waals surface area contributed by atoms with Crippen LogP contribution in [-0.2, 0) is 15.6 Å². The third-order valence-electron chi connectivity index (χ3n) is 6.72. The summed E-state index contributed by atoms with van der Waals surface area (Å²) < 4.78 is 0. The summed E-state index contributed by atoms with van der Waals surface area (Å²) in [7, 11) is 0. The third kappa shape index (κ3) is 2.66. The van der Waals surface area contributed by atoms with Gasteiger partial charge in [0.15, 0.2) is 5.78 Å². The van der Waals surface area contributed by atoms with E-state index in [2.05, 4.69) is 48.5 Å². The Hall–Kier alpha value is -3.45. The Morgan fingerprint density at radius 3 is 0.867 bits per heavy atom. The lowest BCUT2D eigenvalue weighted by molar-refractivity contribution is -0.124. The molecule has 0 bridgehead atoms. The van der Waals surface area contributed by atoms with Crippen molar-refractivity contribution < 1.29 is 4.79 Å². The van der Waals surface area contributed by atoms with Gasteiger partial charge >= 0.3 is 0 Å². The Morgan fingerprint density at radius 2 is 0.633 bits per heavy atom. The molecule has 1 fully saturated rings. The smallest absolute Gasteiger partial charge is 0.162 e. The molecule has 30 heavy (non-hydrogen) atoms. The zero-order valence-corrected chi connectivity index (χ0v) is 16.9. The third-order valence-corrected chi connectivity index (χ3v) is 6.72. The molecule has 0 amide bonds. The summed E-state index contributed by atoms with van der Waals surface area (Å²) in [4.78, 5) is 14.8. The maximum Gasteiger partial charge on any atom is 0.162 e. The van der Waals surface area contributed by atoms with E-state index < -0.39 is 10.8 Å². The number of benzene rings is 4. The second-order valence-electron chi connectivity index (χ2n) is 8.10. The summed E-state index contributed by atoms with van der Waals surface area (Å²) in [5, 5.41) is 0. The predicted molar refractivity (Wildman–Crippen MR) is 122 cm³/mol. The van der Waals surface area contributed by atoms with E-state index in [1.807, 2.05) is 72.8 Å². The highest BCUT2D eigenvalue weighted by Crippen LogP contribution is 2.55. The summed E-state index contributed by atoms with van der Waals surface area (Å²) in [6, 6.07) is 41.3. The van der Waals surface area contributed by atoms with Gasteiger partial charge < -0.3 is 0 Å². The molecule has 0 saturated heterocycles. The molecule has 0 radical (unpaired) electrons. The van der Waals surface area contributed by atoms with Crippen LogP contribution in [0.15, 0.2) is 121 Å². The van der Waals surface area contributed by atoms with Crippen LogP contribution in [0.4, 0.5) is 0 Å². The Kier molecular flexibility index (Phi) is 4.59. The summed E-state index contributed by atoms with van der Waals surface area (Å²) in [6.45, 7) is 0. The van der Waals surface area contributed by atoms with Gasteiger partial charge in [-0.3, -0.25) is 4.79 Å². The van der Waals surface area contributed by atoms with Crippen molar-refractivity contribution in [2.75, 3.05) is 0 Å². The van der Waals surface area contributed by atoms with Crippen LogP contribution in [0.5, 0.6) is 0 Å². The van der Waals surface area contributed by atoms with Gasteiger partial charge in [-0.25, -0.2) is 0 Å². The Labute approximate surface area is 178 Å². The van der Waals surface area contributed by atoms with Crippen molar-refractivity contribution in [3.8, 4) is 0 Å². The highest BCUT2D eigenvalue weighted by molar-refractivity contribution is 6.06. The van der Waals surface area contributed by atoms with Gasteiger partial charge in [-0.1, -0.05) is 121 Å². The van der Waals surface area contributed by atoms with Gasteiger partial charge in [0, 0.05) is 0 Å². The van der Waals surface area contributed by atoms with Crippen molar-refractivity contribution in [1.29, 1.82) is 0 Å². The number of hydrogen-bond acceptors (Lipinski definition) is 1. The molecule has 146 valence electrons. The molecule has 5 rings (SSSR count). The molecule has 1 saturated carbocycles. The van der Waals surface area contributed by atoms with E-state index in [0.29, 0.717) is 0 Å². The molecular weight excluding hydrogens is 364 g/mol. The van der Waals surface area contributed by atoms with E-state index in [1.54, 1.807) is 0 Å². The van der Waals surface area contributed by atoms with Crippen LogP contribution in [-0.4, -0.2) is 5.78 Å². The fourth-order valence-electron chi connectivity index (χ4n) is 5.29. The second-order valence-corrected chi connectivity index (χ2v) is 8.10. The molecule has 0 heterocycles. The van der Waals surface area contributed by atoms with Crippen molar-refractivity contribution in [2.24, 2.45) is 0 Å². The first kappa shape index (κ1) is 18.6. The average Bonchev–Trinajstić information content (AvgIpc) is 3.16. The average molecular weight is 389 g/mol. The molecule has 0 atom stereocenters. The summed E-state index contributed by atoms with van der Waals surface area (Å²) in [5.74, 6) is 0.268. The maximum absolute atomic E-state index is 14.8. The van der Waals surface area contributed by atoms with Crippen LogP contribution in [0, 0.1) is 0 Å². The van der Waals surface area contributed by atoms with E-state index in [1.165, 1.54) is 0 Å². The van der Waals surface area contributed by atoms with Crippen LogP contribution in [0.1, 0.15) is 35.1 Å². The molecule has 0 unspecified atom stereocenters. The number of carbonyl (C=O) groups is 1. The lowest BCUT2D eigenvalue weighted by atomic mass is 9.65. The molecule has 1 aliphatic carbocycles. The van der Waals surface area contributed by atoms with Crippen molar-refractivity contribution in [3.05, 3.63) is 144 Å². The molecule has 0 aromatic heterocycles. The van der Waals surface area contributed by atoms with E-state index >= 15 is 0 Å². The highest BCUT2D eigenvalue weighted by Gasteiger charge is 2.59. The minimum Gasteiger partial charge on any atom is -0.297 e. The van der Waals surface area contributed by atoms with Crippen LogP contribution in [0.3, 0.4) is 0 Å². The molecule has 1 nitrogen and oxygen atoms in total. The largest absolute Gasteiger partial charge is 0.297 e. The van der Waals surface area contributed by atoms with Gasteiger partial charge in [0.2, 0.25) is 0 Å². The number of rotatable bonds is 4. The van der Waals surface area contributed by atoms with Crippen molar-refractivity contribution in [1.82, 2.24) is 0 Å². The Balaban J connectivity index is 1.80. The van der Waals surface area contributed by atoms with Gasteiger partial charge in [-0.2, -0.15) is 0 Å². The van der Waals surface area contributed by atoms with Crippen LogP contribution in [0.2, 0.25) is 0 Å². The molecule has 4 aromatic rings. The summed E-state index contributed by atoms with van der Waals surface area (Å²) in [6.07, 6.45) is 1.56. The van der Waals surface area contributed by atoms with Gasteiger partial charge in [0.1, 0.15) is 0 Å². The summed E-state index contributed by atoms with van der Waals surface area (Å²) in [5.41, 5.74) is 3.00. The van der Waals surface area contributed by atoms with Gasteiger partial charge in [-0.15, -0.1) is 0 Å². The topological polar surface area (TPSA) is 17.1 Å². The van der Waals surface area contributed by atoms with E-state index in [9.17, 15) is 4.79 Å². The van der Waals surface area contributed by atoms with Gasteiger partial charge in [0.05, 0.1) is 10.8 Å². The van der Waals surface area contributed by atoms with Crippen LogP contribution in [0.25, 0.3) is 0 Å². The van der Waals surface area contributed by atoms with Crippen LogP contribution >= 0.6 is 0 Å². The first-order valence-electron chi connectivity index (χ1n) is 10.6.